The maximum absolute atomic E-state index is 14.2. The van der Waals surface area contributed by atoms with Crippen molar-refractivity contribution in [1.29, 1.82) is 0 Å². The Morgan fingerprint density at radius 2 is 1.97 bits per heavy atom. The summed E-state index contributed by atoms with van der Waals surface area (Å²) in [6, 6.07) is 5.92. The molecule has 0 aromatic heterocycles. The highest BCUT2D eigenvalue weighted by atomic mass is 35.5. The molecular weight excluding hydrogens is 472 g/mol. The number of aliphatic carboxylic acids is 1. The van der Waals surface area contributed by atoms with E-state index in [9.17, 15) is 19.5 Å². The molecule has 8 nitrogen and oxygen atoms in total. The van der Waals surface area contributed by atoms with Crippen molar-refractivity contribution in [1.82, 2.24) is 4.90 Å². The quantitative estimate of drug-likeness (QED) is 0.354. The van der Waals surface area contributed by atoms with Crippen molar-refractivity contribution in [3.8, 4) is 0 Å². The minimum Gasteiger partial charge on any atom is -0.481 e. The Morgan fingerprint density at radius 3 is 2.57 bits per heavy atom. The van der Waals surface area contributed by atoms with E-state index in [-0.39, 0.29) is 25.0 Å². The number of ether oxygens (including phenoxy) is 1. The van der Waals surface area contributed by atoms with E-state index >= 15 is 0 Å². The van der Waals surface area contributed by atoms with Crippen molar-refractivity contribution in [2.45, 2.75) is 62.7 Å². The number of nitrogens with zero attached hydrogens (tertiary/aromatic N) is 2. The summed E-state index contributed by atoms with van der Waals surface area (Å²) < 4.78 is 6.56. The zero-order chi connectivity index (χ0) is 25.4. The van der Waals surface area contributed by atoms with Crippen LogP contribution in [0.15, 0.2) is 36.9 Å². The topological polar surface area (TPSA) is 107 Å². The maximum Gasteiger partial charge on any atom is 0.310 e. The largest absolute Gasteiger partial charge is 0.481 e. The maximum atomic E-state index is 14.2. The first-order valence-corrected chi connectivity index (χ1v) is 12.7. The summed E-state index contributed by atoms with van der Waals surface area (Å²) >= 11 is 6.06. The summed E-state index contributed by atoms with van der Waals surface area (Å²) in [5.41, 5.74) is -1.52. The molecule has 190 valence electrons. The zero-order valence-electron chi connectivity index (χ0n) is 20.0. The number of carboxylic acids is 1. The van der Waals surface area contributed by atoms with Gasteiger partial charge in [-0.15, -0.1) is 6.58 Å². The fourth-order valence-corrected chi connectivity index (χ4v) is 6.53. The van der Waals surface area contributed by atoms with Gasteiger partial charge in [0, 0.05) is 30.4 Å². The van der Waals surface area contributed by atoms with Gasteiger partial charge in [-0.25, -0.2) is 0 Å². The molecule has 2 bridgehead atoms. The highest BCUT2D eigenvalue weighted by molar-refractivity contribution is 6.30. The SMILES string of the molecule is C=CCN(C(=O)C1N(CCCCCO)C(=O)[C@@H]2[C@H](C(=O)O)[C@]3(CC)CCC12O3)c1ccc(Cl)cc1. The Morgan fingerprint density at radius 1 is 1.26 bits per heavy atom. The summed E-state index contributed by atoms with van der Waals surface area (Å²) in [6.45, 7) is 6.23. The molecule has 3 aliphatic heterocycles. The number of amides is 2. The van der Waals surface area contributed by atoms with Crippen LogP contribution in [0.25, 0.3) is 0 Å². The van der Waals surface area contributed by atoms with Gasteiger partial charge in [0.1, 0.15) is 17.6 Å². The molecule has 3 fully saturated rings. The Hall–Kier alpha value is -2.42. The number of hydrogen-bond donors (Lipinski definition) is 2. The van der Waals surface area contributed by atoms with Crippen LogP contribution in [0.4, 0.5) is 5.69 Å². The molecule has 2 N–H and O–H groups in total. The number of benzene rings is 1. The van der Waals surface area contributed by atoms with Gasteiger partial charge in [0.05, 0.1) is 11.5 Å². The summed E-state index contributed by atoms with van der Waals surface area (Å²) in [6.07, 6.45) is 4.90. The Kier molecular flexibility index (Phi) is 7.27. The molecule has 2 unspecified atom stereocenters. The van der Waals surface area contributed by atoms with E-state index in [0.29, 0.717) is 55.8 Å². The van der Waals surface area contributed by atoms with Crippen LogP contribution in [-0.4, -0.2) is 69.8 Å². The number of likely N-dealkylation sites (tertiary alicyclic amines) is 1. The Balaban J connectivity index is 1.77. The molecular formula is C26H33ClN2O6. The standard InChI is InChI=1S/C26H33ClN2O6/c1-3-14-28(18-10-8-17(27)9-11-18)23(32)21-26-13-12-25(4-2,35-26)20(24(33)34)19(26)22(31)29(21)15-6-5-7-16-30/h3,8-11,19-21,30H,1,4-7,12-16H2,2H3,(H,33,34)/t19-,20+,21?,25-,26?/m0/s1. The van der Waals surface area contributed by atoms with Gasteiger partial charge in [0.25, 0.3) is 5.91 Å². The van der Waals surface area contributed by atoms with E-state index in [1.807, 2.05) is 6.92 Å². The summed E-state index contributed by atoms with van der Waals surface area (Å²) in [4.78, 5) is 43.6. The van der Waals surface area contributed by atoms with Gasteiger partial charge in [-0.3, -0.25) is 14.4 Å². The Labute approximate surface area is 210 Å². The normalized spacial score (nSPS) is 31.0. The average Bonchev–Trinajstić information content (AvgIpc) is 3.44. The fourth-order valence-electron chi connectivity index (χ4n) is 6.40. The van der Waals surface area contributed by atoms with E-state index < -0.39 is 35.0 Å². The molecule has 9 heteroatoms. The third kappa shape index (κ3) is 4.05. The van der Waals surface area contributed by atoms with E-state index in [1.165, 1.54) is 4.90 Å². The number of fused-ring (bicyclic) bond motifs is 1. The smallest absolute Gasteiger partial charge is 0.310 e. The number of carbonyl (C=O) groups is 3. The predicted molar refractivity (Wildman–Crippen MR) is 131 cm³/mol. The fraction of sp³-hybridized carbons (Fsp3) is 0.577. The van der Waals surface area contributed by atoms with Crippen LogP contribution in [0.2, 0.25) is 5.02 Å². The minimum absolute atomic E-state index is 0.0514. The van der Waals surface area contributed by atoms with Gasteiger partial charge >= 0.3 is 5.97 Å². The zero-order valence-corrected chi connectivity index (χ0v) is 20.7. The first-order valence-electron chi connectivity index (χ1n) is 12.3. The lowest BCUT2D eigenvalue weighted by atomic mass is 9.65. The van der Waals surface area contributed by atoms with Crippen LogP contribution in [0.5, 0.6) is 0 Å². The predicted octanol–water partition coefficient (Wildman–Crippen LogP) is 3.26. The van der Waals surface area contributed by atoms with E-state index in [0.717, 1.165) is 0 Å². The number of anilines is 1. The molecule has 1 aromatic rings. The van der Waals surface area contributed by atoms with Crippen LogP contribution in [0, 0.1) is 11.8 Å². The average molecular weight is 505 g/mol. The molecule has 1 spiro atoms. The second-order valence-corrected chi connectivity index (χ2v) is 10.1. The van der Waals surface area contributed by atoms with E-state index in [4.69, 9.17) is 21.4 Å². The van der Waals surface area contributed by atoms with Crippen LogP contribution in [0.3, 0.4) is 0 Å². The molecule has 2 amide bonds. The molecule has 4 rings (SSSR count). The van der Waals surface area contributed by atoms with Crippen molar-refractivity contribution in [2.24, 2.45) is 11.8 Å². The summed E-state index contributed by atoms with van der Waals surface area (Å²) in [7, 11) is 0. The van der Waals surface area contributed by atoms with Crippen molar-refractivity contribution < 1.29 is 29.3 Å². The van der Waals surface area contributed by atoms with Crippen LogP contribution in [0.1, 0.15) is 45.4 Å². The summed E-state index contributed by atoms with van der Waals surface area (Å²) in [5, 5.41) is 19.8. The molecule has 5 atom stereocenters. The lowest BCUT2D eigenvalue weighted by Gasteiger charge is -2.37. The Bertz CT molecular complexity index is 1000. The number of aliphatic hydroxyl groups excluding tert-OH is 1. The van der Waals surface area contributed by atoms with Crippen LogP contribution >= 0.6 is 11.6 Å². The minimum atomic E-state index is -1.18. The van der Waals surface area contributed by atoms with Gasteiger partial charge < -0.3 is 24.7 Å². The molecule has 3 aliphatic rings. The monoisotopic (exact) mass is 504 g/mol. The number of carboxylic acid groups (broad SMARTS) is 1. The highest BCUT2D eigenvalue weighted by Crippen LogP contribution is 2.64. The molecule has 0 saturated carbocycles. The third-order valence-corrected chi connectivity index (χ3v) is 8.21. The van der Waals surface area contributed by atoms with E-state index in [1.54, 1.807) is 35.2 Å². The van der Waals surface area contributed by atoms with Gasteiger partial charge in [-0.2, -0.15) is 0 Å². The van der Waals surface area contributed by atoms with E-state index in [2.05, 4.69) is 6.58 Å². The van der Waals surface area contributed by atoms with Crippen molar-refractivity contribution in [3.05, 3.63) is 41.9 Å². The van der Waals surface area contributed by atoms with Crippen molar-refractivity contribution >= 4 is 35.1 Å². The molecule has 0 aliphatic carbocycles. The lowest BCUT2D eigenvalue weighted by Crippen LogP contribution is -2.56. The summed E-state index contributed by atoms with van der Waals surface area (Å²) in [5.74, 6) is -3.60. The number of halogens is 1. The van der Waals surface area contributed by atoms with Gasteiger partial charge in [-0.1, -0.05) is 24.6 Å². The molecule has 3 saturated heterocycles. The molecule has 1 aromatic carbocycles. The highest BCUT2D eigenvalue weighted by Gasteiger charge is 2.79. The van der Waals surface area contributed by atoms with Gasteiger partial charge in [0.2, 0.25) is 5.91 Å². The molecule has 3 heterocycles. The first kappa shape index (κ1) is 25.7. The first-order chi connectivity index (χ1) is 16.8. The molecule has 35 heavy (non-hydrogen) atoms. The third-order valence-electron chi connectivity index (χ3n) is 7.95. The van der Waals surface area contributed by atoms with Gasteiger partial charge in [-0.05, 0) is 62.8 Å². The number of hydrogen-bond acceptors (Lipinski definition) is 5. The lowest BCUT2D eigenvalue weighted by molar-refractivity contribution is -0.155. The second-order valence-electron chi connectivity index (χ2n) is 9.70. The number of rotatable bonds is 11. The number of aliphatic hydroxyl groups is 1. The van der Waals surface area contributed by atoms with Crippen LogP contribution < -0.4 is 4.90 Å². The van der Waals surface area contributed by atoms with Crippen LogP contribution in [-0.2, 0) is 19.1 Å². The molecule has 0 radical (unpaired) electrons. The van der Waals surface area contributed by atoms with Crippen molar-refractivity contribution in [2.75, 3.05) is 24.6 Å². The second kappa shape index (κ2) is 9.91. The van der Waals surface area contributed by atoms with Gasteiger partial charge in [0.15, 0.2) is 0 Å². The number of carbonyl (C=O) groups excluding carboxylic acids is 2. The van der Waals surface area contributed by atoms with Crippen molar-refractivity contribution in [3.63, 3.8) is 0 Å². The number of unbranched alkanes of at least 4 members (excludes halogenated alkanes) is 2.